The van der Waals surface area contributed by atoms with Gasteiger partial charge in [-0.3, -0.25) is 4.79 Å². The van der Waals surface area contributed by atoms with Crippen molar-refractivity contribution < 1.29 is 4.74 Å². The Bertz CT molecular complexity index is 1090. The monoisotopic (exact) mass is 441 g/mol. The van der Waals surface area contributed by atoms with E-state index in [1.807, 2.05) is 19.1 Å². The molecule has 2 N–H and O–H groups in total. The molecule has 0 unspecified atom stereocenters. The number of hydrogen-bond donors (Lipinski definition) is 2. The molecule has 0 amide bonds. The second-order valence-corrected chi connectivity index (χ2v) is 9.35. The van der Waals surface area contributed by atoms with Gasteiger partial charge in [0.05, 0.1) is 24.7 Å². The zero-order valence-corrected chi connectivity index (χ0v) is 19.0. The number of hydrogen-bond acceptors (Lipinski definition) is 4. The summed E-state index contributed by atoms with van der Waals surface area (Å²) in [5.41, 5.74) is 3.82. The maximum absolute atomic E-state index is 12.8. The van der Waals surface area contributed by atoms with Gasteiger partial charge in [0.1, 0.15) is 0 Å². The first-order valence-electron chi connectivity index (χ1n) is 10.3. The number of thiophene rings is 1. The number of ether oxygens (including phenoxy) is 1. The molecule has 1 fully saturated rings. The Labute approximate surface area is 186 Å². The van der Waals surface area contributed by atoms with Gasteiger partial charge >= 0.3 is 0 Å². The van der Waals surface area contributed by atoms with Crippen molar-refractivity contribution in [2.45, 2.75) is 45.9 Å². The zero-order chi connectivity index (χ0) is 21.1. The fourth-order valence-corrected chi connectivity index (χ4v) is 4.90. The van der Waals surface area contributed by atoms with Crippen molar-refractivity contribution in [2.24, 2.45) is 0 Å². The summed E-state index contributed by atoms with van der Waals surface area (Å²) in [5.74, 6) is 0. The molecule has 158 valence electrons. The number of pyridine rings is 1. The minimum absolute atomic E-state index is 0.0624. The molecular weight excluding hydrogens is 414 g/mol. The van der Waals surface area contributed by atoms with Crippen molar-refractivity contribution in [3.63, 3.8) is 0 Å². The number of nitrogens with one attached hydrogen (secondary N) is 2. The van der Waals surface area contributed by atoms with E-state index in [4.69, 9.17) is 17.0 Å². The SMILES string of the molecule is Cc1cc(C)c2[nH]c(=O)c(CN(Cc3cccs3)C(=S)NC[C@@H]3CCCO3)cc2c1. The number of nitrogens with zero attached hydrogens (tertiary/aromatic N) is 1. The van der Waals surface area contributed by atoms with Gasteiger partial charge in [0.2, 0.25) is 0 Å². The highest BCUT2D eigenvalue weighted by atomic mass is 32.1. The third-order valence-electron chi connectivity index (χ3n) is 5.45. The van der Waals surface area contributed by atoms with Gasteiger partial charge < -0.3 is 19.9 Å². The summed E-state index contributed by atoms with van der Waals surface area (Å²) >= 11 is 7.41. The van der Waals surface area contributed by atoms with Crippen LogP contribution >= 0.6 is 23.6 Å². The number of aromatic nitrogens is 1. The van der Waals surface area contributed by atoms with Crippen molar-refractivity contribution in [3.8, 4) is 0 Å². The number of aromatic amines is 1. The lowest BCUT2D eigenvalue weighted by molar-refractivity contribution is 0.113. The molecule has 0 saturated carbocycles. The fraction of sp³-hybridized carbons (Fsp3) is 0.391. The highest BCUT2D eigenvalue weighted by Gasteiger charge is 2.19. The summed E-state index contributed by atoms with van der Waals surface area (Å²) in [5, 5.41) is 7.12. The Morgan fingerprint density at radius 3 is 2.93 bits per heavy atom. The quantitative estimate of drug-likeness (QED) is 0.560. The molecule has 5 nitrogen and oxygen atoms in total. The minimum Gasteiger partial charge on any atom is -0.376 e. The van der Waals surface area contributed by atoms with E-state index in [0.29, 0.717) is 30.3 Å². The van der Waals surface area contributed by atoms with Gasteiger partial charge in [0, 0.05) is 23.6 Å². The molecule has 2 aromatic heterocycles. The van der Waals surface area contributed by atoms with Crippen LogP contribution in [0.3, 0.4) is 0 Å². The Hall–Kier alpha value is -2.22. The first-order chi connectivity index (χ1) is 14.5. The molecule has 1 aromatic carbocycles. The van der Waals surface area contributed by atoms with Crippen LogP contribution < -0.4 is 10.9 Å². The molecule has 4 rings (SSSR count). The lowest BCUT2D eigenvalue weighted by Gasteiger charge is -2.26. The summed E-state index contributed by atoms with van der Waals surface area (Å²) in [7, 11) is 0. The predicted octanol–water partition coefficient (Wildman–Crippen LogP) is 4.26. The molecule has 0 spiro atoms. The van der Waals surface area contributed by atoms with Crippen LogP contribution in [0.2, 0.25) is 0 Å². The van der Waals surface area contributed by atoms with E-state index in [1.165, 1.54) is 10.4 Å². The number of thiocarbonyl (C=S) groups is 1. The summed E-state index contributed by atoms with van der Waals surface area (Å²) in [6.07, 6.45) is 2.37. The maximum atomic E-state index is 12.8. The molecule has 1 aliphatic rings. The highest BCUT2D eigenvalue weighted by Crippen LogP contribution is 2.20. The van der Waals surface area contributed by atoms with Crippen LogP contribution in [-0.4, -0.2) is 34.3 Å². The van der Waals surface area contributed by atoms with Crippen molar-refractivity contribution >= 4 is 39.6 Å². The van der Waals surface area contributed by atoms with E-state index in [2.05, 4.69) is 45.7 Å². The molecule has 0 radical (unpaired) electrons. The third kappa shape index (κ3) is 4.91. The van der Waals surface area contributed by atoms with Gasteiger partial charge in [-0.1, -0.05) is 17.7 Å². The van der Waals surface area contributed by atoms with E-state index in [1.54, 1.807) is 11.3 Å². The van der Waals surface area contributed by atoms with Gasteiger partial charge in [-0.05, 0) is 73.4 Å². The minimum atomic E-state index is -0.0624. The van der Waals surface area contributed by atoms with Crippen molar-refractivity contribution in [3.05, 3.63) is 67.6 Å². The number of benzene rings is 1. The Morgan fingerprint density at radius 1 is 1.33 bits per heavy atom. The fourth-order valence-electron chi connectivity index (χ4n) is 3.96. The topological polar surface area (TPSA) is 57.4 Å². The first kappa shape index (κ1) is 21.0. The molecular formula is C23H27N3O2S2. The number of aryl methyl sites for hydroxylation is 2. The molecule has 0 bridgehead atoms. The molecule has 3 heterocycles. The van der Waals surface area contributed by atoms with Gasteiger partial charge in [-0.15, -0.1) is 11.3 Å². The van der Waals surface area contributed by atoms with Crippen molar-refractivity contribution in [1.82, 2.24) is 15.2 Å². The van der Waals surface area contributed by atoms with Crippen LogP contribution in [-0.2, 0) is 17.8 Å². The van der Waals surface area contributed by atoms with Gasteiger partial charge in [0.25, 0.3) is 5.56 Å². The second-order valence-electron chi connectivity index (χ2n) is 7.93. The van der Waals surface area contributed by atoms with Crippen LogP contribution in [0.4, 0.5) is 0 Å². The van der Waals surface area contributed by atoms with Crippen LogP contribution in [0.1, 0.15) is 34.4 Å². The second kappa shape index (κ2) is 9.29. The zero-order valence-electron chi connectivity index (χ0n) is 17.4. The van der Waals surface area contributed by atoms with Gasteiger partial charge in [-0.2, -0.15) is 0 Å². The van der Waals surface area contributed by atoms with E-state index < -0.39 is 0 Å². The predicted molar refractivity (Wildman–Crippen MR) is 127 cm³/mol. The lowest BCUT2D eigenvalue weighted by atomic mass is 10.1. The Kier molecular flexibility index (Phi) is 6.51. The molecule has 1 aliphatic heterocycles. The number of H-pyrrole nitrogens is 1. The van der Waals surface area contributed by atoms with E-state index >= 15 is 0 Å². The van der Waals surface area contributed by atoms with E-state index in [-0.39, 0.29) is 11.7 Å². The summed E-state index contributed by atoms with van der Waals surface area (Å²) < 4.78 is 5.70. The van der Waals surface area contributed by atoms with Crippen LogP contribution in [0.5, 0.6) is 0 Å². The Morgan fingerprint density at radius 2 is 2.20 bits per heavy atom. The average molecular weight is 442 g/mol. The number of rotatable bonds is 6. The normalized spacial score (nSPS) is 16.1. The van der Waals surface area contributed by atoms with Crippen molar-refractivity contribution in [2.75, 3.05) is 13.2 Å². The molecule has 3 aromatic rings. The summed E-state index contributed by atoms with van der Waals surface area (Å²) in [6, 6.07) is 10.3. The average Bonchev–Trinajstić information content (AvgIpc) is 3.41. The highest BCUT2D eigenvalue weighted by molar-refractivity contribution is 7.80. The smallest absolute Gasteiger partial charge is 0.253 e. The van der Waals surface area contributed by atoms with E-state index in [9.17, 15) is 4.79 Å². The maximum Gasteiger partial charge on any atom is 0.253 e. The van der Waals surface area contributed by atoms with Gasteiger partial charge in [0.15, 0.2) is 5.11 Å². The first-order valence-corrected chi connectivity index (χ1v) is 11.6. The molecule has 1 saturated heterocycles. The summed E-state index contributed by atoms with van der Waals surface area (Å²) in [6.45, 7) is 6.74. The lowest BCUT2D eigenvalue weighted by Crippen LogP contribution is -2.42. The molecule has 1 atom stereocenters. The Balaban J connectivity index is 1.58. The van der Waals surface area contributed by atoms with Crippen molar-refractivity contribution in [1.29, 1.82) is 0 Å². The molecule has 30 heavy (non-hydrogen) atoms. The van der Waals surface area contributed by atoms with Crippen LogP contribution in [0.25, 0.3) is 10.9 Å². The van der Waals surface area contributed by atoms with E-state index in [0.717, 1.165) is 35.9 Å². The van der Waals surface area contributed by atoms with Gasteiger partial charge in [-0.25, -0.2) is 0 Å². The largest absolute Gasteiger partial charge is 0.376 e. The van der Waals surface area contributed by atoms with Crippen LogP contribution in [0, 0.1) is 13.8 Å². The number of fused-ring (bicyclic) bond motifs is 1. The molecule has 7 heteroatoms. The molecule has 0 aliphatic carbocycles. The van der Waals surface area contributed by atoms with Crippen LogP contribution in [0.15, 0.2) is 40.5 Å². The standard InChI is InChI=1S/C23H27N3O2S2/c1-15-9-16(2)21-17(10-15)11-18(22(27)25-21)13-26(14-20-6-4-8-30-20)23(29)24-12-19-5-3-7-28-19/h4,6,8-11,19H,3,5,7,12-14H2,1-2H3,(H,24,29)(H,25,27)/t19-/m0/s1. The third-order valence-corrected chi connectivity index (χ3v) is 6.71. The summed E-state index contributed by atoms with van der Waals surface area (Å²) in [4.78, 5) is 19.2.